The summed E-state index contributed by atoms with van der Waals surface area (Å²) in [5, 5.41) is 9.11. The van der Waals surface area contributed by atoms with Crippen molar-refractivity contribution in [3.8, 4) is 0 Å². The molecule has 2 aromatic heterocycles. The molecule has 0 aromatic carbocycles. The summed E-state index contributed by atoms with van der Waals surface area (Å²) in [7, 11) is 3.86. The predicted octanol–water partition coefficient (Wildman–Crippen LogP) is 1.40. The first-order valence-corrected chi connectivity index (χ1v) is 5.34. The highest BCUT2D eigenvalue weighted by Crippen LogP contribution is 2.15. The number of aromatic nitrogens is 2. The maximum absolute atomic E-state index is 11.1. The van der Waals surface area contributed by atoms with E-state index < -0.39 is 5.97 Å². The number of hydrogen-bond acceptors (Lipinski definition) is 3. The number of carbonyl (C=O) groups is 1. The molecule has 0 aliphatic carbocycles. The van der Waals surface area contributed by atoms with Crippen LogP contribution < -0.4 is 0 Å². The van der Waals surface area contributed by atoms with Gasteiger partial charge in [0.05, 0.1) is 12.1 Å². The van der Waals surface area contributed by atoms with Crippen LogP contribution >= 0.6 is 0 Å². The minimum Gasteiger partial charge on any atom is -0.476 e. The second-order valence-electron chi connectivity index (χ2n) is 4.38. The van der Waals surface area contributed by atoms with Gasteiger partial charge in [-0.05, 0) is 32.6 Å². The third-order valence-corrected chi connectivity index (χ3v) is 2.52. The average Bonchev–Trinajstić information content (AvgIpc) is 2.56. The molecule has 0 aliphatic rings. The number of fused-ring (bicyclic) bond motifs is 1. The van der Waals surface area contributed by atoms with E-state index in [9.17, 15) is 4.79 Å². The van der Waals surface area contributed by atoms with Crippen LogP contribution in [-0.4, -0.2) is 39.5 Å². The molecule has 5 heteroatoms. The van der Waals surface area contributed by atoms with Crippen LogP contribution in [0.2, 0.25) is 0 Å². The zero-order valence-corrected chi connectivity index (χ0v) is 10.1. The van der Waals surface area contributed by atoms with Crippen LogP contribution in [-0.2, 0) is 6.54 Å². The third-order valence-electron chi connectivity index (χ3n) is 2.52. The van der Waals surface area contributed by atoms with Crippen molar-refractivity contribution in [2.45, 2.75) is 13.5 Å². The van der Waals surface area contributed by atoms with Gasteiger partial charge in [0.25, 0.3) is 0 Å². The number of carboxylic acid groups (broad SMARTS) is 1. The van der Waals surface area contributed by atoms with Crippen molar-refractivity contribution in [2.24, 2.45) is 0 Å². The lowest BCUT2D eigenvalue weighted by Gasteiger charge is -2.08. The van der Waals surface area contributed by atoms with Gasteiger partial charge in [-0.2, -0.15) is 0 Å². The van der Waals surface area contributed by atoms with Crippen molar-refractivity contribution in [1.29, 1.82) is 0 Å². The summed E-state index contributed by atoms with van der Waals surface area (Å²) in [6.07, 6.45) is 1.91. The Labute approximate surface area is 99.3 Å². The van der Waals surface area contributed by atoms with Gasteiger partial charge in [0.1, 0.15) is 5.82 Å². The molecule has 1 N–H and O–H groups in total. The summed E-state index contributed by atoms with van der Waals surface area (Å²) in [6, 6.07) is 3.69. The minimum atomic E-state index is -0.989. The van der Waals surface area contributed by atoms with Crippen molar-refractivity contribution >= 4 is 11.5 Å². The lowest BCUT2D eigenvalue weighted by Crippen LogP contribution is -2.13. The molecular weight excluding hydrogens is 218 g/mol. The topological polar surface area (TPSA) is 57.8 Å². The van der Waals surface area contributed by atoms with Gasteiger partial charge in [0.15, 0.2) is 5.69 Å². The van der Waals surface area contributed by atoms with E-state index in [-0.39, 0.29) is 5.69 Å². The lowest BCUT2D eigenvalue weighted by atomic mass is 10.2. The Morgan fingerprint density at radius 1 is 1.47 bits per heavy atom. The molecule has 5 nitrogen and oxygen atoms in total. The molecule has 0 saturated heterocycles. The quantitative estimate of drug-likeness (QED) is 0.870. The van der Waals surface area contributed by atoms with Gasteiger partial charge in [-0.3, -0.25) is 0 Å². The number of hydrogen-bond donors (Lipinski definition) is 1. The summed E-state index contributed by atoms with van der Waals surface area (Å²) in [6.45, 7) is 2.58. The highest BCUT2D eigenvalue weighted by molar-refractivity contribution is 5.93. The molecule has 0 unspecified atom stereocenters. The van der Waals surface area contributed by atoms with Crippen molar-refractivity contribution in [1.82, 2.24) is 14.3 Å². The Balaban J connectivity index is 2.66. The van der Waals surface area contributed by atoms with Crippen LogP contribution in [0.15, 0.2) is 18.3 Å². The zero-order valence-electron chi connectivity index (χ0n) is 10.1. The van der Waals surface area contributed by atoms with Gasteiger partial charge in [-0.1, -0.05) is 6.07 Å². The van der Waals surface area contributed by atoms with E-state index in [1.807, 2.05) is 42.6 Å². The lowest BCUT2D eigenvalue weighted by molar-refractivity contribution is 0.0693. The largest absolute Gasteiger partial charge is 0.476 e. The molecule has 0 bridgehead atoms. The number of nitrogens with zero attached hydrogens (tertiary/aromatic N) is 3. The summed E-state index contributed by atoms with van der Waals surface area (Å²) in [5.74, 6) is -0.248. The molecule has 0 aliphatic heterocycles. The molecule has 0 atom stereocenters. The number of rotatable bonds is 3. The number of carboxylic acids is 1. The van der Waals surface area contributed by atoms with Crippen LogP contribution in [0.5, 0.6) is 0 Å². The Bertz CT molecular complexity index is 572. The summed E-state index contributed by atoms with van der Waals surface area (Å²) >= 11 is 0. The van der Waals surface area contributed by atoms with Crippen molar-refractivity contribution in [3.05, 3.63) is 35.4 Å². The maximum atomic E-state index is 11.1. The van der Waals surface area contributed by atoms with E-state index in [1.165, 1.54) is 0 Å². The zero-order chi connectivity index (χ0) is 12.6. The molecule has 0 amide bonds. The fourth-order valence-electron chi connectivity index (χ4n) is 1.81. The van der Waals surface area contributed by atoms with E-state index >= 15 is 0 Å². The number of pyridine rings is 1. The fraction of sp³-hybridized carbons (Fsp3) is 0.333. The molecule has 0 radical (unpaired) electrons. The van der Waals surface area contributed by atoms with Crippen LogP contribution in [0, 0.1) is 6.92 Å². The third kappa shape index (κ3) is 2.14. The van der Waals surface area contributed by atoms with Crippen molar-refractivity contribution in [2.75, 3.05) is 14.1 Å². The smallest absolute Gasteiger partial charge is 0.356 e. The maximum Gasteiger partial charge on any atom is 0.356 e. The van der Waals surface area contributed by atoms with Gasteiger partial charge in [0, 0.05) is 6.20 Å². The normalized spacial score (nSPS) is 11.3. The van der Waals surface area contributed by atoms with E-state index in [2.05, 4.69) is 4.98 Å². The summed E-state index contributed by atoms with van der Waals surface area (Å²) in [4.78, 5) is 17.3. The van der Waals surface area contributed by atoms with Crippen LogP contribution in [0.4, 0.5) is 0 Å². The van der Waals surface area contributed by atoms with Crippen LogP contribution in [0.25, 0.3) is 5.52 Å². The molecule has 2 heterocycles. The predicted molar refractivity (Wildman–Crippen MR) is 64.3 cm³/mol. The molecule has 0 spiro atoms. The Kier molecular flexibility index (Phi) is 2.85. The van der Waals surface area contributed by atoms with E-state index in [1.54, 1.807) is 6.07 Å². The molecule has 0 fully saturated rings. The Morgan fingerprint density at radius 3 is 2.76 bits per heavy atom. The number of imidazole rings is 1. The number of aryl methyl sites for hydroxylation is 1. The summed E-state index contributed by atoms with van der Waals surface area (Å²) < 4.78 is 1.85. The molecule has 2 rings (SSSR count). The van der Waals surface area contributed by atoms with Crippen molar-refractivity contribution < 1.29 is 9.90 Å². The molecule has 0 saturated carbocycles. The van der Waals surface area contributed by atoms with Crippen LogP contribution in [0.3, 0.4) is 0 Å². The first-order valence-electron chi connectivity index (χ1n) is 5.34. The molecule has 2 aromatic rings. The fourth-order valence-corrected chi connectivity index (χ4v) is 1.81. The second kappa shape index (κ2) is 4.18. The number of aromatic carboxylic acids is 1. The van der Waals surface area contributed by atoms with E-state index in [4.69, 9.17) is 5.11 Å². The SMILES string of the molecule is Cc1ccc2c(C(=O)O)nc(CN(C)C)n2c1. The van der Waals surface area contributed by atoms with Gasteiger partial charge in [0.2, 0.25) is 0 Å². The Morgan fingerprint density at radius 2 is 2.18 bits per heavy atom. The van der Waals surface area contributed by atoms with Gasteiger partial charge in [-0.25, -0.2) is 9.78 Å². The average molecular weight is 233 g/mol. The second-order valence-corrected chi connectivity index (χ2v) is 4.38. The van der Waals surface area contributed by atoms with Gasteiger partial charge in [-0.15, -0.1) is 0 Å². The first-order chi connectivity index (χ1) is 7.99. The molecular formula is C12H15N3O2. The van der Waals surface area contributed by atoms with Crippen LogP contribution in [0.1, 0.15) is 21.9 Å². The highest BCUT2D eigenvalue weighted by atomic mass is 16.4. The van der Waals surface area contributed by atoms with E-state index in [0.717, 1.165) is 11.4 Å². The molecule has 90 valence electrons. The highest BCUT2D eigenvalue weighted by Gasteiger charge is 2.16. The monoisotopic (exact) mass is 233 g/mol. The standard InChI is InChI=1S/C12H15N3O2/c1-8-4-5-9-11(12(16)17)13-10(7-14(2)3)15(9)6-8/h4-6H,7H2,1-3H3,(H,16,17). The molecule has 17 heavy (non-hydrogen) atoms. The van der Waals surface area contributed by atoms with E-state index in [0.29, 0.717) is 12.1 Å². The minimum absolute atomic E-state index is 0.113. The van der Waals surface area contributed by atoms with Gasteiger partial charge >= 0.3 is 5.97 Å². The Hall–Kier alpha value is -1.88. The summed E-state index contributed by atoms with van der Waals surface area (Å²) in [5.41, 5.74) is 1.83. The van der Waals surface area contributed by atoms with Gasteiger partial charge < -0.3 is 14.4 Å². The first kappa shape index (κ1) is 11.6. The van der Waals surface area contributed by atoms with Crippen molar-refractivity contribution in [3.63, 3.8) is 0 Å².